The van der Waals surface area contributed by atoms with Crippen molar-refractivity contribution in [3.8, 4) is 0 Å². The number of carbonyl (C=O) groups is 1. The lowest BCUT2D eigenvalue weighted by molar-refractivity contribution is -0.117. The van der Waals surface area contributed by atoms with Gasteiger partial charge in [0.25, 0.3) is 0 Å². The van der Waals surface area contributed by atoms with E-state index >= 15 is 0 Å². The molecule has 1 aromatic heterocycles. The van der Waals surface area contributed by atoms with Gasteiger partial charge in [0.05, 0.1) is 11.9 Å². The highest BCUT2D eigenvalue weighted by Crippen LogP contribution is 2.28. The highest BCUT2D eigenvalue weighted by Gasteiger charge is 2.33. The van der Waals surface area contributed by atoms with Crippen LogP contribution in [0.15, 0.2) is 41.3 Å². The number of rotatable bonds is 9. The molecule has 1 heterocycles. The molecule has 0 aliphatic carbocycles. The number of hydrogen-bond acceptors (Lipinski definition) is 7. The first-order valence-electron chi connectivity index (χ1n) is 7.90. The van der Waals surface area contributed by atoms with E-state index in [9.17, 15) is 17.6 Å². The Hall–Kier alpha value is -1.98. The van der Waals surface area contributed by atoms with Gasteiger partial charge in [-0.25, -0.2) is 12.8 Å². The number of amides is 1. The fourth-order valence-corrected chi connectivity index (χ4v) is 5.03. The van der Waals surface area contributed by atoms with Crippen LogP contribution in [0, 0.1) is 5.82 Å². The van der Waals surface area contributed by atoms with Gasteiger partial charge in [0.1, 0.15) is 11.9 Å². The molecule has 1 amide bonds. The molecule has 7 nitrogen and oxygen atoms in total. The maximum Gasteiger partial charge on any atom is 0.250 e. The Kier molecular flexibility index (Phi) is 7.33. The lowest BCUT2D eigenvalue weighted by Crippen LogP contribution is -2.47. The van der Waals surface area contributed by atoms with Crippen LogP contribution in [0.2, 0.25) is 0 Å². The monoisotopic (exact) mass is 430 g/mol. The van der Waals surface area contributed by atoms with Crippen LogP contribution in [0.1, 0.15) is 13.3 Å². The van der Waals surface area contributed by atoms with Gasteiger partial charge in [-0.2, -0.15) is 0 Å². The first kappa shape index (κ1) is 21.3. The quantitative estimate of drug-likeness (QED) is 0.373. The summed E-state index contributed by atoms with van der Waals surface area (Å²) in [7, 11) is -3.91. The van der Waals surface area contributed by atoms with E-state index in [0.717, 1.165) is 16.6 Å². The number of nitrogens with one attached hydrogen (secondary N) is 1. The summed E-state index contributed by atoms with van der Waals surface area (Å²) in [5.41, 5.74) is -0.179. The van der Waals surface area contributed by atoms with Gasteiger partial charge in [0, 0.05) is 5.75 Å². The van der Waals surface area contributed by atoms with Crippen molar-refractivity contribution in [3.63, 3.8) is 0 Å². The molecule has 0 aliphatic rings. The molecule has 0 saturated heterocycles. The molecule has 0 bridgehead atoms. The Bertz CT molecular complexity index is 917. The second kappa shape index (κ2) is 9.29. The van der Waals surface area contributed by atoms with Crippen LogP contribution < -0.4 is 9.62 Å². The molecule has 0 radical (unpaired) electrons. The molecule has 27 heavy (non-hydrogen) atoms. The zero-order chi connectivity index (χ0) is 20.0. The van der Waals surface area contributed by atoms with Crippen molar-refractivity contribution in [2.45, 2.75) is 23.7 Å². The van der Waals surface area contributed by atoms with Crippen molar-refractivity contribution >= 4 is 49.8 Å². The molecule has 11 heteroatoms. The number of para-hydroxylation sites is 1. The first-order valence-corrected chi connectivity index (χ1v) is 11.5. The number of hydrogen-bond donors (Lipinski definition) is 1. The van der Waals surface area contributed by atoms with Crippen LogP contribution >= 0.6 is 23.1 Å². The summed E-state index contributed by atoms with van der Waals surface area (Å²) < 4.78 is 40.3. The van der Waals surface area contributed by atoms with Crippen molar-refractivity contribution < 1.29 is 17.6 Å². The van der Waals surface area contributed by atoms with Crippen molar-refractivity contribution in [1.82, 2.24) is 10.2 Å². The number of carbonyl (C=O) groups excluding carboxylic acids is 1. The van der Waals surface area contributed by atoms with Gasteiger partial charge in [-0.1, -0.05) is 48.2 Å². The van der Waals surface area contributed by atoms with Crippen LogP contribution in [0.4, 0.5) is 15.2 Å². The smallest absolute Gasteiger partial charge is 0.250 e. The van der Waals surface area contributed by atoms with Crippen molar-refractivity contribution in [3.05, 3.63) is 42.7 Å². The molecule has 0 aliphatic heterocycles. The van der Waals surface area contributed by atoms with E-state index in [2.05, 4.69) is 22.1 Å². The normalized spacial score (nSPS) is 12.4. The van der Waals surface area contributed by atoms with Crippen LogP contribution in [0.5, 0.6) is 0 Å². The SMILES string of the molecule is C=CCSc1nnc(NC(=O)[C@@H](CC)N(c2ccccc2F)S(C)(=O)=O)s1. The summed E-state index contributed by atoms with van der Waals surface area (Å²) in [6.07, 6.45) is 2.80. The van der Waals surface area contributed by atoms with E-state index in [1.165, 1.54) is 41.3 Å². The van der Waals surface area contributed by atoms with E-state index in [0.29, 0.717) is 10.1 Å². The lowest BCUT2D eigenvalue weighted by atomic mass is 10.2. The molecule has 0 saturated carbocycles. The molecule has 2 rings (SSSR count). The number of aromatic nitrogens is 2. The number of thioether (sulfide) groups is 1. The van der Waals surface area contributed by atoms with Gasteiger partial charge in [-0.15, -0.1) is 16.8 Å². The molecule has 2 aromatic rings. The maximum absolute atomic E-state index is 14.2. The number of anilines is 2. The summed E-state index contributed by atoms with van der Waals surface area (Å²) in [5, 5.41) is 10.6. The Morgan fingerprint density at radius 2 is 2.15 bits per heavy atom. The van der Waals surface area contributed by atoms with Gasteiger partial charge >= 0.3 is 0 Å². The Morgan fingerprint density at radius 1 is 1.44 bits per heavy atom. The summed E-state index contributed by atoms with van der Waals surface area (Å²) in [6.45, 7) is 5.26. The summed E-state index contributed by atoms with van der Waals surface area (Å²) in [4.78, 5) is 12.7. The Morgan fingerprint density at radius 3 is 2.74 bits per heavy atom. The number of halogens is 1. The van der Waals surface area contributed by atoms with Crippen LogP contribution in [0.25, 0.3) is 0 Å². The van der Waals surface area contributed by atoms with Gasteiger partial charge in [0.15, 0.2) is 4.34 Å². The third kappa shape index (κ3) is 5.50. The molecule has 1 N–H and O–H groups in total. The van der Waals surface area contributed by atoms with Crippen LogP contribution in [0.3, 0.4) is 0 Å². The maximum atomic E-state index is 14.2. The first-order chi connectivity index (χ1) is 12.8. The topological polar surface area (TPSA) is 92.3 Å². The predicted molar refractivity (Wildman–Crippen MR) is 107 cm³/mol. The zero-order valence-electron chi connectivity index (χ0n) is 14.8. The van der Waals surface area contributed by atoms with Crippen LogP contribution in [-0.2, 0) is 14.8 Å². The molecule has 1 aromatic carbocycles. The number of benzene rings is 1. The highest BCUT2D eigenvalue weighted by atomic mass is 32.2. The minimum absolute atomic E-state index is 0.143. The van der Waals surface area contributed by atoms with E-state index in [4.69, 9.17) is 0 Å². The summed E-state index contributed by atoms with van der Waals surface area (Å²) in [6, 6.07) is 4.29. The highest BCUT2D eigenvalue weighted by molar-refractivity contribution is 8.01. The van der Waals surface area contributed by atoms with E-state index in [-0.39, 0.29) is 17.2 Å². The van der Waals surface area contributed by atoms with E-state index in [1.54, 1.807) is 13.0 Å². The molecule has 0 fully saturated rings. The molecule has 0 unspecified atom stereocenters. The fourth-order valence-electron chi connectivity index (χ4n) is 2.30. The standard InChI is InChI=1S/C16H19FN4O3S3/c1-4-10-25-16-20-19-15(26-16)18-14(22)12(5-2)21(27(3,23)24)13-9-7-6-8-11(13)17/h4,6-9,12H,1,5,10H2,2-3H3,(H,18,19,22)/t12-/m1/s1. The second-order valence-corrected chi connectivity index (χ2v) is 9.50. The van der Waals surface area contributed by atoms with Crippen LogP contribution in [-0.4, -0.2) is 42.6 Å². The molecule has 1 atom stereocenters. The third-order valence-corrected chi connectivity index (χ3v) is 6.51. The van der Waals surface area contributed by atoms with Gasteiger partial charge < -0.3 is 0 Å². The largest absolute Gasteiger partial charge is 0.299 e. The van der Waals surface area contributed by atoms with Gasteiger partial charge in [-0.3, -0.25) is 14.4 Å². The molecule has 0 spiro atoms. The number of sulfonamides is 1. The van der Waals surface area contributed by atoms with Crippen molar-refractivity contribution in [1.29, 1.82) is 0 Å². The summed E-state index contributed by atoms with van der Waals surface area (Å²) in [5.74, 6) is -0.689. The minimum Gasteiger partial charge on any atom is -0.299 e. The molecular formula is C16H19FN4O3S3. The Balaban J connectivity index is 2.28. The lowest BCUT2D eigenvalue weighted by Gasteiger charge is -2.29. The third-order valence-electron chi connectivity index (χ3n) is 3.38. The molecule has 146 valence electrons. The second-order valence-electron chi connectivity index (χ2n) is 5.40. The zero-order valence-corrected chi connectivity index (χ0v) is 17.2. The minimum atomic E-state index is -3.91. The van der Waals surface area contributed by atoms with Crippen molar-refractivity contribution in [2.24, 2.45) is 0 Å². The van der Waals surface area contributed by atoms with E-state index < -0.39 is 27.8 Å². The van der Waals surface area contributed by atoms with Crippen molar-refractivity contribution in [2.75, 3.05) is 21.6 Å². The van der Waals surface area contributed by atoms with Gasteiger partial charge in [0.2, 0.25) is 21.1 Å². The van der Waals surface area contributed by atoms with E-state index in [1.807, 2.05) is 0 Å². The average Bonchev–Trinajstić information content (AvgIpc) is 3.04. The fraction of sp³-hybridized carbons (Fsp3) is 0.312. The molecular weight excluding hydrogens is 411 g/mol. The average molecular weight is 431 g/mol. The number of nitrogens with zero attached hydrogens (tertiary/aromatic N) is 3. The van der Waals surface area contributed by atoms with Gasteiger partial charge in [-0.05, 0) is 18.6 Å². The Labute approximate surface area is 165 Å². The predicted octanol–water partition coefficient (Wildman–Crippen LogP) is 3.14. The summed E-state index contributed by atoms with van der Waals surface area (Å²) >= 11 is 2.58.